The fourth-order valence-corrected chi connectivity index (χ4v) is 23.7. The van der Waals surface area contributed by atoms with E-state index in [4.69, 9.17) is 17.0 Å². The molecule has 39 heavy (non-hydrogen) atoms. The van der Waals surface area contributed by atoms with Crippen LogP contribution in [-0.2, 0) is 23.3 Å². The first-order valence-electron chi connectivity index (χ1n) is 14.1. The summed E-state index contributed by atoms with van der Waals surface area (Å²) in [6.07, 6.45) is 4.60. The second-order valence-electron chi connectivity index (χ2n) is 12.2. The van der Waals surface area contributed by atoms with E-state index in [0.29, 0.717) is 0 Å². The van der Waals surface area contributed by atoms with Crippen LogP contribution < -0.4 is 13.6 Å². The van der Waals surface area contributed by atoms with Gasteiger partial charge in [-0.3, -0.25) is 0 Å². The van der Waals surface area contributed by atoms with Crippen LogP contribution in [0.2, 0.25) is 0 Å². The van der Waals surface area contributed by atoms with Gasteiger partial charge in [0.15, 0.2) is 0 Å². The molecule has 1 aliphatic carbocycles. The van der Waals surface area contributed by atoms with Crippen molar-refractivity contribution < 1.29 is 17.9 Å². The topological polar surface area (TPSA) is 0 Å². The Morgan fingerprint density at radius 2 is 1.51 bits per heavy atom. The zero-order valence-electron chi connectivity index (χ0n) is 23.5. The van der Waals surface area contributed by atoms with Gasteiger partial charge in [-0.15, -0.1) is 0 Å². The van der Waals surface area contributed by atoms with Crippen molar-refractivity contribution in [1.82, 2.24) is 0 Å². The van der Waals surface area contributed by atoms with Gasteiger partial charge < -0.3 is 0 Å². The molecule has 0 spiro atoms. The van der Waals surface area contributed by atoms with Crippen LogP contribution in [-0.4, -0.2) is 9.52 Å². The van der Waals surface area contributed by atoms with Gasteiger partial charge in [-0.1, -0.05) is 0 Å². The summed E-state index contributed by atoms with van der Waals surface area (Å²) >= 11 is -3.97. The van der Waals surface area contributed by atoms with Gasteiger partial charge >= 0.3 is 250 Å². The van der Waals surface area contributed by atoms with Crippen LogP contribution in [0.4, 0.5) is 0 Å². The van der Waals surface area contributed by atoms with Gasteiger partial charge in [0.25, 0.3) is 0 Å². The van der Waals surface area contributed by atoms with Crippen LogP contribution in [0.15, 0.2) is 84.4 Å². The Morgan fingerprint density at radius 3 is 2.23 bits per heavy atom. The fourth-order valence-electron chi connectivity index (χ4n) is 6.84. The van der Waals surface area contributed by atoms with Crippen molar-refractivity contribution in [2.24, 2.45) is 0 Å². The molecule has 0 aromatic heterocycles. The van der Waals surface area contributed by atoms with Crippen LogP contribution in [0.25, 0.3) is 28.3 Å². The summed E-state index contributed by atoms with van der Waals surface area (Å²) in [6.45, 7) is 11.5. The maximum absolute atomic E-state index is 7.87. The first-order valence-corrected chi connectivity index (χ1v) is 24.5. The Balaban J connectivity index is 1.57. The van der Waals surface area contributed by atoms with Crippen molar-refractivity contribution in [2.45, 2.75) is 56.5 Å². The summed E-state index contributed by atoms with van der Waals surface area (Å²) in [6, 6.07) is 29.2. The number of fused-ring (bicyclic) bond motifs is 4. The standard InChI is InChI=1S/C23H27.C12H9Si.2ClH.Zr/c1-6-9-17-14-18-12-13-21(23(3,4)5)22(20(18)15-17)19-11-8-7-10-16(19)2;1-3-7-11-9(5-1)10-6-2-4-8-12(10)13-11;;;/h7-8,10-15H,6,9H2,1-5H3;1-7H,13H2;2*1H;/q;;;;+2/p-2. The van der Waals surface area contributed by atoms with E-state index in [2.05, 4.69) is 120 Å². The van der Waals surface area contributed by atoms with Crippen molar-refractivity contribution in [2.75, 3.05) is 0 Å². The van der Waals surface area contributed by atoms with Gasteiger partial charge in [0, 0.05) is 0 Å². The summed E-state index contributed by atoms with van der Waals surface area (Å²) in [5.74, 6) is 0. The number of allylic oxidation sites excluding steroid dienone is 1. The van der Waals surface area contributed by atoms with E-state index < -0.39 is 27.4 Å². The van der Waals surface area contributed by atoms with Crippen LogP contribution in [0.1, 0.15) is 66.4 Å². The summed E-state index contributed by atoms with van der Waals surface area (Å²) in [4.78, 5) is 0. The van der Waals surface area contributed by atoms with Crippen LogP contribution >= 0.6 is 17.0 Å². The van der Waals surface area contributed by atoms with Crippen molar-refractivity contribution in [3.05, 3.63) is 107 Å². The van der Waals surface area contributed by atoms with E-state index in [1.54, 1.807) is 0 Å². The fraction of sp³-hybridized carbons (Fsp3) is 0.257. The number of aryl methyl sites for hydroxylation is 1. The number of benzene rings is 4. The predicted molar refractivity (Wildman–Crippen MR) is 172 cm³/mol. The number of hydrogen-bond acceptors (Lipinski definition) is 0. The molecule has 0 bridgehead atoms. The number of hydrogen-bond donors (Lipinski definition) is 0. The number of halogens is 2. The summed E-state index contributed by atoms with van der Waals surface area (Å²) in [5.41, 5.74) is 12.3. The van der Waals surface area contributed by atoms with E-state index in [1.165, 1.54) is 63.7 Å². The molecule has 1 aliphatic heterocycles. The normalized spacial score (nSPS) is 16.7. The van der Waals surface area contributed by atoms with Crippen molar-refractivity contribution >= 4 is 46.3 Å². The monoisotopic (exact) mass is 644 g/mol. The Kier molecular flexibility index (Phi) is 7.25. The average molecular weight is 647 g/mol. The molecule has 4 aromatic rings. The van der Waals surface area contributed by atoms with Gasteiger partial charge in [0.2, 0.25) is 0 Å². The third-order valence-corrected chi connectivity index (χ3v) is 23.0. The van der Waals surface area contributed by atoms with Gasteiger partial charge in [-0.05, 0) is 0 Å². The van der Waals surface area contributed by atoms with E-state index in [0.717, 1.165) is 12.8 Å². The van der Waals surface area contributed by atoms with Gasteiger partial charge in [-0.25, -0.2) is 0 Å². The molecule has 1 unspecified atom stereocenters. The molecule has 1 heterocycles. The zero-order valence-corrected chi connectivity index (χ0v) is 28.9. The van der Waals surface area contributed by atoms with Crippen molar-refractivity contribution in [3.8, 4) is 22.3 Å². The molecule has 0 radical (unpaired) electrons. The molecular formula is C35H36Cl2SiZr. The zero-order chi connectivity index (χ0) is 27.5. The molecule has 0 amide bonds. The quantitative estimate of drug-likeness (QED) is 0.170. The van der Waals surface area contributed by atoms with Crippen LogP contribution in [0.3, 0.4) is 0 Å². The summed E-state index contributed by atoms with van der Waals surface area (Å²) in [5, 5.41) is 3.01. The van der Waals surface area contributed by atoms with Crippen LogP contribution in [0, 0.1) is 6.92 Å². The Labute approximate surface area is 247 Å². The maximum atomic E-state index is 7.87. The Bertz CT molecular complexity index is 1630. The molecule has 0 saturated heterocycles. The molecule has 4 heteroatoms. The van der Waals surface area contributed by atoms with Gasteiger partial charge in [-0.2, -0.15) is 0 Å². The van der Waals surface area contributed by atoms with Crippen molar-refractivity contribution in [1.29, 1.82) is 0 Å². The summed E-state index contributed by atoms with van der Waals surface area (Å²) < 4.78 is 1.43. The third-order valence-electron chi connectivity index (χ3n) is 8.62. The predicted octanol–water partition coefficient (Wildman–Crippen LogP) is 8.08. The van der Waals surface area contributed by atoms with Gasteiger partial charge in [0.05, 0.1) is 0 Å². The minimum absolute atomic E-state index is 0.0173. The first kappa shape index (κ1) is 27.5. The van der Waals surface area contributed by atoms with E-state index in [9.17, 15) is 0 Å². The molecule has 4 aromatic carbocycles. The average Bonchev–Trinajstić information content (AvgIpc) is 3.46. The molecule has 0 fully saturated rings. The Hall–Kier alpha value is -1.70. The molecule has 1 atom stereocenters. The summed E-state index contributed by atoms with van der Waals surface area (Å²) in [7, 11) is 15.1. The molecule has 2 aliphatic rings. The first-order chi connectivity index (χ1) is 18.6. The van der Waals surface area contributed by atoms with Crippen molar-refractivity contribution in [3.63, 3.8) is 0 Å². The number of rotatable bonds is 5. The van der Waals surface area contributed by atoms with E-state index in [1.807, 2.05) is 0 Å². The Morgan fingerprint density at radius 1 is 0.821 bits per heavy atom. The molecule has 0 saturated carbocycles. The van der Waals surface area contributed by atoms with E-state index >= 15 is 0 Å². The molecule has 0 N–H and O–H groups in total. The third kappa shape index (κ3) is 4.61. The van der Waals surface area contributed by atoms with E-state index in [-0.39, 0.29) is 9.04 Å². The molecule has 6 rings (SSSR count). The van der Waals surface area contributed by atoms with Gasteiger partial charge in [0.1, 0.15) is 0 Å². The molecular weight excluding hydrogens is 611 g/mol. The second-order valence-corrected chi connectivity index (χ2v) is 28.1. The minimum atomic E-state index is -3.97. The SMILES string of the molecule is CCCC1=Cc2c(ccc(C(C)(C)C)c2-c2ccccc2C)[CH]1[Zr]([Cl])([Cl])[c]1cccc2c1[SiH2]c1ccccc1-2. The molecule has 198 valence electrons. The van der Waals surface area contributed by atoms with Crippen LogP contribution in [0.5, 0.6) is 0 Å². The molecule has 0 nitrogen and oxygen atoms in total. The second kappa shape index (κ2) is 10.3.